The number of thiocarbonyl (C=S) groups is 1. The van der Waals surface area contributed by atoms with Gasteiger partial charge in [0.05, 0.1) is 0 Å². The van der Waals surface area contributed by atoms with Gasteiger partial charge in [0.25, 0.3) is 0 Å². The molecule has 1 aromatic carbocycles. The van der Waals surface area contributed by atoms with Gasteiger partial charge in [-0.3, -0.25) is 0 Å². The molecule has 2 saturated heterocycles. The summed E-state index contributed by atoms with van der Waals surface area (Å²) < 4.78 is 0. The van der Waals surface area contributed by atoms with Crippen molar-refractivity contribution in [3.05, 3.63) is 40.9 Å². The smallest absolute Gasteiger partial charge is 0.232 e. The average molecular weight is 541 g/mol. The van der Waals surface area contributed by atoms with Gasteiger partial charge in [-0.25, -0.2) is 0 Å². The first-order valence-electron chi connectivity index (χ1n) is 14.1. The molecule has 1 unspecified atom stereocenters. The molecule has 2 aliphatic heterocycles. The fourth-order valence-electron chi connectivity index (χ4n) is 6.26. The Morgan fingerprint density at radius 1 is 0.946 bits per heavy atom. The third-order valence-corrected chi connectivity index (χ3v) is 9.12. The van der Waals surface area contributed by atoms with E-state index in [4.69, 9.17) is 33.8 Å². The molecule has 0 bridgehead atoms. The minimum atomic E-state index is 0.0820. The van der Waals surface area contributed by atoms with Crippen molar-refractivity contribution in [3.63, 3.8) is 0 Å². The van der Waals surface area contributed by atoms with Crippen molar-refractivity contribution < 1.29 is 0 Å². The van der Waals surface area contributed by atoms with E-state index < -0.39 is 0 Å². The number of aromatic nitrogens is 2. The molecule has 200 valence electrons. The molecule has 0 radical (unpaired) electrons. The Balaban J connectivity index is 1.31. The number of nitrogens with zero attached hydrogens (tertiary/aromatic N) is 4. The van der Waals surface area contributed by atoms with Gasteiger partial charge in [0, 0.05) is 49.2 Å². The normalized spacial score (nSPS) is 22.2. The lowest BCUT2D eigenvalue weighted by molar-refractivity contribution is 0.434. The summed E-state index contributed by atoms with van der Waals surface area (Å²) in [5, 5.41) is 8.23. The Bertz CT molecular complexity index is 1060. The maximum Gasteiger partial charge on any atom is 0.232 e. The third-order valence-electron chi connectivity index (χ3n) is 8.62. The number of piperidine rings is 2. The van der Waals surface area contributed by atoms with Gasteiger partial charge in [-0.05, 0) is 80.3 Å². The summed E-state index contributed by atoms with van der Waals surface area (Å²) in [7, 11) is 0. The Hall–Kier alpha value is -2.12. The molecule has 2 aromatic rings. The second kappa shape index (κ2) is 11.7. The number of rotatable bonds is 6. The molecule has 1 atom stereocenters. The van der Waals surface area contributed by atoms with Crippen LogP contribution in [0.3, 0.4) is 0 Å². The van der Waals surface area contributed by atoms with Gasteiger partial charge >= 0.3 is 0 Å². The summed E-state index contributed by atoms with van der Waals surface area (Å²) in [6.45, 7) is 9.64. The van der Waals surface area contributed by atoms with Crippen molar-refractivity contribution in [2.24, 2.45) is 11.8 Å². The van der Waals surface area contributed by atoms with Gasteiger partial charge in [-0.1, -0.05) is 50.4 Å². The quantitative estimate of drug-likeness (QED) is 0.411. The maximum absolute atomic E-state index is 6.17. The zero-order chi connectivity index (χ0) is 25.8. The summed E-state index contributed by atoms with van der Waals surface area (Å²) in [5.41, 5.74) is 1.42. The third kappa shape index (κ3) is 6.48. The highest BCUT2D eigenvalue weighted by Crippen LogP contribution is 2.41. The minimum Gasteiger partial charge on any atom is -0.361 e. The Morgan fingerprint density at radius 3 is 2.30 bits per heavy atom. The van der Waals surface area contributed by atoms with Gasteiger partial charge in [0.1, 0.15) is 11.6 Å². The zero-order valence-corrected chi connectivity index (χ0v) is 23.9. The van der Waals surface area contributed by atoms with Crippen molar-refractivity contribution in [1.29, 1.82) is 0 Å². The molecule has 2 N–H and O–H groups in total. The first-order valence-corrected chi connectivity index (χ1v) is 14.9. The van der Waals surface area contributed by atoms with Crippen LogP contribution in [0.15, 0.2) is 30.3 Å². The van der Waals surface area contributed by atoms with E-state index in [1.807, 2.05) is 12.1 Å². The molecule has 6 nitrogen and oxygen atoms in total. The van der Waals surface area contributed by atoms with Crippen LogP contribution in [0.1, 0.15) is 70.8 Å². The summed E-state index contributed by atoms with van der Waals surface area (Å²) in [6.07, 6.45) is 9.68. The van der Waals surface area contributed by atoms with Crippen LogP contribution in [0.2, 0.25) is 5.02 Å². The van der Waals surface area contributed by atoms with E-state index in [0.29, 0.717) is 17.0 Å². The van der Waals surface area contributed by atoms with Crippen LogP contribution in [0, 0.1) is 11.8 Å². The SMILES string of the molecule is CC1CCN(c2cc(N3CCCC(C)C3)nc(NC(=S)NCC3(c4ccc(Cl)cc4)CCCC3)n2)CC1. The highest BCUT2D eigenvalue weighted by Gasteiger charge is 2.35. The number of benzene rings is 1. The van der Waals surface area contributed by atoms with Crippen LogP contribution in [-0.4, -0.2) is 47.8 Å². The van der Waals surface area contributed by atoms with Crippen molar-refractivity contribution in [2.75, 3.05) is 47.8 Å². The van der Waals surface area contributed by atoms with Crippen LogP contribution in [0.4, 0.5) is 17.6 Å². The molecule has 0 amide bonds. The van der Waals surface area contributed by atoms with Gasteiger partial charge in [-0.2, -0.15) is 9.97 Å². The number of halogens is 1. The maximum atomic E-state index is 6.17. The summed E-state index contributed by atoms with van der Waals surface area (Å²) >= 11 is 11.9. The van der Waals surface area contributed by atoms with E-state index >= 15 is 0 Å². The van der Waals surface area contributed by atoms with Gasteiger partial charge in [0.15, 0.2) is 5.11 Å². The highest BCUT2D eigenvalue weighted by molar-refractivity contribution is 7.80. The number of nitrogens with one attached hydrogen (secondary N) is 2. The molecular weight excluding hydrogens is 500 g/mol. The summed E-state index contributed by atoms with van der Waals surface area (Å²) in [5.74, 6) is 4.06. The van der Waals surface area contributed by atoms with Crippen LogP contribution in [-0.2, 0) is 5.41 Å². The molecule has 1 aliphatic carbocycles. The molecule has 3 aliphatic rings. The first kappa shape index (κ1) is 26.5. The zero-order valence-electron chi connectivity index (χ0n) is 22.3. The second-order valence-electron chi connectivity index (χ2n) is 11.6. The van der Waals surface area contributed by atoms with Crippen LogP contribution in [0.25, 0.3) is 0 Å². The van der Waals surface area contributed by atoms with Crippen molar-refractivity contribution in [2.45, 2.75) is 70.6 Å². The molecule has 37 heavy (non-hydrogen) atoms. The lowest BCUT2D eigenvalue weighted by Gasteiger charge is -2.34. The molecule has 1 saturated carbocycles. The molecule has 5 rings (SSSR count). The molecule has 0 spiro atoms. The predicted octanol–water partition coefficient (Wildman–Crippen LogP) is 6.40. The molecular formula is C29H41ClN6S. The Morgan fingerprint density at radius 2 is 1.62 bits per heavy atom. The monoisotopic (exact) mass is 540 g/mol. The van der Waals surface area contributed by atoms with E-state index in [-0.39, 0.29) is 5.41 Å². The summed E-state index contributed by atoms with van der Waals surface area (Å²) in [4.78, 5) is 14.7. The van der Waals surface area contributed by atoms with Crippen LogP contribution < -0.4 is 20.4 Å². The number of anilines is 3. The molecule has 8 heteroatoms. The van der Waals surface area contributed by atoms with Crippen LogP contribution in [0.5, 0.6) is 0 Å². The lowest BCUT2D eigenvalue weighted by atomic mass is 9.79. The average Bonchev–Trinajstić information content (AvgIpc) is 3.38. The fourth-order valence-corrected chi connectivity index (χ4v) is 6.54. The van der Waals surface area contributed by atoms with Crippen LogP contribution >= 0.6 is 23.8 Å². The molecule has 1 aromatic heterocycles. The Labute approximate surface area is 232 Å². The van der Waals surface area contributed by atoms with E-state index in [9.17, 15) is 0 Å². The summed E-state index contributed by atoms with van der Waals surface area (Å²) in [6, 6.07) is 10.5. The number of hydrogen-bond acceptors (Lipinski definition) is 5. The van der Waals surface area contributed by atoms with E-state index in [2.05, 4.69) is 52.5 Å². The molecule has 3 heterocycles. The van der Waals surface area contributed by atoms with E-state index in [1.54, 1.807) is 0 Å². The first-order chi connectivity index (χ1) is 17.9. The largest absolute Gasteiger partial charge is 0.361 e. The minimum absolute atomic E-state index is 0.0820. The van der Waals surface area contributed by atoms with Gasteiger partial charge < -0.3 is 20.4 Å². The lowest BCUT2D eigenvalue weighted by Crippen LogP contribution is -2.41. The van der Waals surface area contributed by atoms with E-state index in [1.165, 1.54) is 44.1 Å². The fraction of sp³-hybridized carbons (Fsp3) is 0.621. The molecule has 3 fully saturated rings. The standard InChI is InChI=1S/C29H41ClN6S/c1-21-11-16-35(17-12-21)25-18-26(36-15-5-6-22(2)19-36)33-27(32-25)34-28(37)31-20-29(13-3-4-14-29)23-7-9-24(30)10-8-23/h7-10,18,21-22H,3-6,11-17,19-20H2,1-2H3,(H2,31,32,33,34,37). The second-order valence-corrected chi connectivity index (χ2v) is 12.4. The Kier molecular flexibility index (Phi) is 8.40. The van der Waals surface area contributed by atoms with Crippen molar-refractivity contribution >= 4 is 46.5 Å². The van der Waals surface area contributed by atoms with Crippen molar-refractivity contribution in [3.8, 4) is 0 Å². The topological polar surface area (TPSA) is 56.3 Å². The van der Waals surface area contributed by atoms with Gasteiger partial charge in [0.2, 0.25) is 5.95 Å². The van der Waals surface area contributed by atoms with Gasteiger partial charge in [-0.15, -0.1) is 0 Å². The number of hydrogen-bond donors (Lipinski definition) is 2. The highest BCUT2D eigenvalue weighted by atomic mass is 35.5. The van der Waals surface area contributed by atoms with E-state index in [0.717, 1.165) is 68.1 Å². The van der Waals surface area contributed by atoms with Crippen molar-refractivity contribution in [1.82, 2.24) is 15.3 Å². The predicted molar refractivity (Wildman–Crippen MR) is 159 cm³/mol.